The van der Waals surface area contributed by atoms with Crippen molar-refractivity contribution in [3.05, 3.63) is 94.7 Å². The number of Topliss-reactive ketones (excluding diaryl/α,β-unsaturated/α-hetero) is 1. The third kappa shape index (κ3) is 3.60. The fraction of sp³-hybridized carbons (Fsp3) is 0.222. The number of ketones is 1. The van der Waals surface area contributed by atoms with Crippen LogP contribution in [0.2, 0.25) is 0 Å². The molecular formula is C27H26N2O3. The van der Waals surface area contributed by atoms with Gasteiger partial charge in [-0.25, -0.2) is 0 Å². The number of rotatable bonds is 3. The fourth-order valence-corrected chi connectivity index (χ4v) is 4.75. The Bertz CT molecular complexity index is 1220. The molecule has 1 aliphatic carbocycles. The maximum absolute atomic E-state index is 13.6. The van der Waals surface area contributed by atoms with Gasteiger partial charge in [0.2, 0.25) is 0 Å². The molecule has 1 heterocycles. The topological polar surface area (TPSA) is 70.6 Å². The summed E-state index contributed by atoms with van der Waals surface area (Å²) in [7, 11) is 1.53. The van der Waals surface area contributed by atoms with E-state index in [1.165, 1.54) is 12.7 Å². The van der Waals surface area contributed by atoms with E-state index in [1.807, 2.05) is 24.3 Å². The van der Waals surface area contributed by atoms with Gasteiger partial charge in [-0.15, -0.1) is 0 Å². The Kier molecular flexibility index (Phi) is 5.10. The number of ether oxygens (including phenoxy) is 1. The summed E-state index contributed by atoms with van der Waals surface area (Å²) in [5.41, 5.74) is 6.78. The molecule has 5 rings (SSSR count). The summed E-state index contributed by atoms with van der Waals surface area (Å²) in [6.45, 7) is 2.05. The van der Waals surface area contributed by atoms with Gasteiger partial charge < -0.3 is 20.5 Å². The van der Waals surface area contributed by atoms with Crippen LogP contribution < -0.4 is 15.4 Å². The fourth-order valence-electron chi connectivity index (χ4n) is 4.75. The van der Waals surface area contributed by atoms with Crippen molar-refractivity contribution in [2.75, 3.05) is 17.7 Å². The molecule has 162 valence electrons. The highest BCUT2D eigenvalue weighted by molar-refractivity contribution is 6.01. The van der Waals surface area contributed by atoms with Crippen LogP contribution in [0.25, 0.3) is 0 Å². The molecule has 0 aromatic heterocycles. The van der Waals surface area contributed by atoms with Gasteiger partial charge in [-0.05, 0) is 60.2 Å². The maximum Gasteiger partial charge on any atom is 0.163 e. The Morgan fingerprint density at radius 2 is 1.75 bits per heavy atom. The first-order chi connectivity index (χ1) is 15.5. The van der Waals surface area contributed by atoms with Crippen LogP contribution in [0.4, 0.5) is 11.4 Å². The van der Waals surface area contributed by atoms with Crippen LogP contribution in [-0.2, 0) is 4.79 Å². The normalized spacial score (nSPS) is 19.9. The second kappa shape index (κ2) is 8.08. The lowest BCUT2D eigenvalue weighted by Crippen LogP contribution is -2.26. The van der Waals surface area contributed by atoms with Crippen LogP contribution in [0.5, 0.6) is 11.5 Å². The summed E-state index contributed by atoms with van der Waals surface area (Å²) >= 11 is 0. The van der Waals surface area contributed by atoms with Crippen LogP contribution >= 0.6 is 0 Å². The lowest BCUT2D eigenvalue weighted by molar-refractivity contribution is -0.116. The van der Waals surface area contributed by atoms with Crippen LogP contribution in [0.3, 0.4) is 0 Å². The van der Waals surface area contributed by atoms with Gasteiger partial charge in [0, 0.05) is 17.7 Å². The quantitative estimate of drug-likeness (QED) is 0.502. The number of phenolic OH excluding ortho intramolecular Hbond substituents is 1. The molecule has 0 saturated heterocycles. The Morgan fingerprint density at radius 1 is 0.938 bits per heavy atom. The molecule has 1 aliphatic heterocycles. The Morgan fingerprint density at radius 3 is 2.53 bits per heavy atom. The van der Waals surface area contributed by atoms with E-state index in [2.05, 4.69) is 47.9 Å². The molecule has 5 nitrogen and oxygen atoms in total. The molecule has 0 bridgehead atoms. The van der Waals surface area contributed by atoms with Crippen molar-refractivity contribution in [1.29, 1.82) is 0 Å². The number of benzene rings is 3. The zero-order chi connectivity index (χ0) is 22.2. The molecule has 3 N–H and O–H groups in total. The number of fused-ring (bicyclic) bond motifs is 1. The number of carbonyl (C=O) groups is 1. The molecule has 5 heteroatoms. The number of nitrogens with one attached hydrogen (secondary N) is 2. The monoisotopic (exact) mass is 426 g/mol. The predicted molar refractivity (Wildman–Crippen MR) is 126 cm³/mol. The molecule has 0 saturated carbocycles. The number of anilines is 2. The number of aryl methyl sites for hydroxylation is 1. The van der Waals surface area contributed by atoms with E-state index in [-0.39, 0.29) is 23.5 Å². The van der Waals surface area contributed by atoms with Crippen molar-refractivity contribution >= 4 is 17.2 Å². The second-order valence-electron chi connectivity index (χ2n) is 8.51. The van der Waals surface area contributed by atoms with Crippen molar-refractivity contribution in [3.63, 3.8) is 0 Å². The smallest absolute Gasteiger partial charge is 0.163 e. The van der Waals surface area contributed by atoms with Crippen LogP contribution in [0.1, 0.15) is 41.5 Å². The first kappa shape index (κ1) is 20.2. The zero-order valence-corrected chi connectivity index (χ0v) is 18.2. The van der Waals surface area contributed by atoms with Crippen LogP contribution in [-0.4, -0.2) is 18.0 Å². The van der Waals surface area contributed by atoms with E-state index in [0.717, 1.165) is 40.2 Å². The summed E-state index contributed by atoms with van der Waals surface area (Å²) in [6.07, 6.45) is 1.22. The average molecular weight is 427 g/mol. The largest absolute Gasteiger partial charge is 0.504 e. The van der Waals surface area contributed by atoms with E-state index < -0.39 is 0 Å². The highest BCUT2D eigenvalue weighted by Gasteiger charge is 2.36. The van der Waals surface area contributed by atoms with Crippen LogP contribution in [0, 0.1) is 6.92 Å². The summed E-state index contributed by atoms with van der Waals surface area (Å²) in [4.78, 5) is 13.6. The Hall–Kier alpha value is -3.73. The van der Waals surface area contributed by atoms with Crippen molar-refractivity contribution in [1.82, 2.24) is 0 Å². The SMILES string of the molecule is COc1cc(C2Nc3cc(C)ccc3NC3=C2C(=O)CC(c2ccccc2)C3)ccc1O. The van der Waals surface area contributed by atoms with E-state index >= 15 is 0 Å². The van der Waals surface area contributed by atoms with Gasteiger partial charge in [-0.2, -0.15) is 0 Å². The number of aromatic hydroxyl groups is 1. The van der Waals surface area contributed by atoms with Crippen molar-refractivity contribution in [2.24, 2.45) is 0 Å². The molecule has 0 radical (unpaired) electrons. The molecule has 3 aromatic rings. The van der Waals surface area contributed by atoms with Crippen molar-refractivity contribution in [2.45, 2.75) is 31.7 Å². The molecule has 0 amide bonds. The zero-order valence-electron chi connectivity index (χ0n) is 18.2. The van der Waals surface area contributed by atoms with E-state index in [0.29, 0.717) is 12.2 Å². The van der Waals surface area contributed by atoms with Gasteiger partial charge in [0.25, 0.3) is 0 Å². The number of phenols is 1. The number of carbonyl (C=O) groups excluding carboxylic acids is 1. The summed E-state index contributed by atoms with van der Waals surface area (Å²) < 4.78 is 5.34. The second-order valence-corrected chi connectivity index (χ2v) is 8.51. The minimum atomic E-state index is -0.348. The maximum atomic E-state index is 13.6. The van der Waals surface area contributed by atoms with Crippen LogP contribution in [0.15, 0.2) is 78.0 Å². The lowest BCUT2D eigenvalue weighted by atomic mass is 9.78. The van der Waals surface area contributed by atoms with Gasteiger partial charge in [0.1, 0.15) is 0 Å². The molecule has 2 unspecified atom stereocenters. The first-order valence-electron chi connectivity index (χ1n) is 10.9. The molecular weight excluding hydrogens is 400 g/mol. The molecule has 3 aromatic carbocycles. The molecule has 0 spiro atoms. The van der Waals surface area contributed by atoms with E-state index in [4.69, 9.17) is 4.74 Å². The van der Waals surface area contributed by atoms with Gasteiger partial charge >= 0.3 is 0 Å². The molecule has 32 heavy (non-hydrogen) atoms. The minimum Gasteiger partial charge on any atom is -0.504 e. The minimum absolute atomic E-state index is 0.0764. The molecule has 2 atom stereocenters. The first-order valence-corrected chi connectivity index (χ1v) is 10.9. The third-order valence-electron chi connectivity index (χ3n) is 6.37. The average Bonchev–Trinajstić information content (AvgIpc) is 2.96. The Labute approximate surface area is 187 Å². The van der Waals surface area contributed by atoms with E-state index in [1.54, 1.807) is 12.1 Å². The highest BCUT2D eigenvalue weighted by Crippen LogP contribution is 2.45. The van der Waals surface area contributed by atoms with Gasteiger partial charge in [-0.3, -0.25) is 4.79 Å². The van der Waals surface area contributed by atoms with E-state index in [9.17, 15) is 9.90 Å². The summed E-state index contributed by atoms with van der Waals surface area (Å²) in [6, 6.07) is 21.4. The predicted octanol–water partition coefficient (Wildman–Crippen LogP) is 5.69. The third-order valence-corrected chi connectivity index (χ3v) is 6.37. The van der Waals surface area contributed by atoms with Gasteiger partial charge in [0.15, 0.2) is 17.3 Å². The number of hydrogen-bond donors (Lipinski definition) is 3. The molecule has 2 aliphatic rings. The Balaban J connectivity index is 1.64. The molecule has 0 fully saturated rings. The lowest BCUT2D eigenvalue weighted by Gasteiger charge is -2.30. The van der Waals surface area contributed by atoms with Crippen molar-refractivity contribution in [3.8, 4) is 11.5 Å². The summed E-state index contributed by atoms with van der Waals surface area (Å²) in [5, 5.41) is 17.3. The van der Waals surface area contributed by atoms with Gasteiger partial charge in [0.05, 0.1) is 24.5 Å². The van der Waals surface area contributed by atoms with Gasteiger partial charge in [-0.1, -0.05) is 42.5 Å². The standard InChI is InChI=1S/C27H26N2O3/c1-16-8-10-20-21(12-16)29-27(18-9-11-23(30)25(15-18)32-2)26-22(28-20)13-19(14-24(26)31)17-6-4-3-5-7-17/h3-12,15,19,27-30H,13-14H2,1-2H3. The summed E-state index contributed by atoms with van der Waals surface area (Å²) in [5.74, 6) is 0.727. The number of allylic oxidation sites excluding steroid dienone is 1. The number of methoxy groups -OCH3 is 1. The highest BCUT2D eigenvalue weighted by atomic mass is 16.5. The number of hydrogen-bond acceptors (Lipinski definition) is 5. The van der Waals surface area contributed by atoms with Crippen molar-refractivity contribution < 1.29 is 14.6 Å².